The highest BCUT2D eigenvalue weighted by Crippen LogP contribution is 2.44. The zero-order valence-electron chi connectivity index (χ0n) is 38.6. The smallest absolute Gasteiger partial charge is 0.444 e. The van der Waals surface area contributed by atoms with Crippen LogP contribution in [0, 0.1) is 0 Å². The Balaban J connectivity index is 1.63. The minimum absolute atomic E-state index is 0.0188. The first-order valence-corrected chi connectivity index (χ1v) is 20.7. The molecule has 23 nitrogen and oxygen atoms in total. The number of hydrogen-bond donors (Lipinski definition) is 1. The van der Waals surface area contributed by atoms with Crippen molar-refractivity contribution in [2.24, 2.45) is 0 Å². The molecule has 3 aromatic rings. The maximum Gasteiger partial charge on any atom is 0.444 e. The number of carbonyl (C=O) groups excluding carboxylic acids is 8. The van der Waals surface area contributed by atoms with Crippen LogP contribution in [0.1, 0.15) is 34.6 Å². The van der Waals surface area contributed by atoms with Crippen molar-refractivity contribution in [2.75, 3.05) is 57.8 Å². The first-order chi connectivity index (χ1) is 33.3. The molecule has 5 rings (SSSR count). The van der Waals surface area contributed by atoms with Crippen LogP contribution in [0.25, 0.3) is 33.4 Å². The summed E-state index contributed by atoms with van der Waals surface area (Å²) in [6.07, 6.45) is -1.94. The zero-order chi connectivity index (χ0) is 51.1. The standard InChI is InChI=1S/C47H46N2O21/c1-26(50)63-24-65-33-14-16-35-40(22-33)68-39-21-32(55)13-15-34(39)43(35)31-12-17-37(49(23-42(56)66-25-64-27(2)51)44(45(57)59-6)67-28(3)52)41(20-31)62-19-18-61-38-11-9-8-10-36(38)48-47(46(58)60-7,69-29(4)53)70-30(5)54/h8-17,20-22,44,48H,18-19,23-25H2,1-7H3. The van der Waals surface area contributed by atoms with Crippen molar-refractivity contribution in [1.82, 2.24) is 0 Å². The summed E-state index contributed by atoms with van der Waals surface area (Å²) in [5.74, 6) is -10.2. The average molecular weight is 975 g/mol. The van der Waals surface area contributed by atoms with Crippen LogP contribution in [-0.4, -0.2) is 107 Å². The van der Waals surface area contributed by atoms with Crippen LogP contribution in [0.15, 0.2) is 88.1 Å². The number of esters is 8. The first kappa shape index (κ1) is 52.1. The van der Waals surface area contributed by atoms with Gasteiger partial charge in [-0.05, 0) is 54.1 Å². The first-order valence-electron chi connectivity index (χ1n) is 20.7. The third kappa shape index (κ3) is 13.6. The van der Waals surface area contributed by atoms with Crippen molar-refractivity contribution in [3.8, 4) is 39.7 Å². The highest BCUT2D eigenvalue weighted by Gasteiger charge is 2.49. The zero-order valence-corrected chi connectivity index (χ0v) is 38.6. The van der Waals surface area contributed by atoms with Gasteiger partial charge in [-0.3, -0.25) is 33.6 Å². The second kappa shape index (κ2) is 23.7. The summed E-state index contributed by atoms with van der Waals surface area (Å²) in [7, 11) is 1.99. The maximum absolute atomic E-state index is 13.3. The van der Waals surface area contributed by atoms with Crippen LogP contribution < -0.4 is 29.9 Å². The van der Waals surface area contributed by atoms with Crippen molar-refractivity contribution in [3.63, 3.8) is 0 Å². The summed E-state index contributed by atoms with van der Waals surface area (Å²) >= 11 is 0. The van der Waals surface area contributed by atoms with Gasteiger partial charge in [-0.1, -0.05) is 18.2 Å². The molecule has 0 fully saturated rings. The van der Waals surface area contributed by atoms with Crippen molar-refractivity contribution >= 4 is 70.1 Å². The molecule has 0 radical (unpaired) electrons. The topological polar surface area (TPSA) is 284 Å². The number of ether oxygens (including phenoxy) is 11. The molecule has 0 amide bonds. The van der Waals surface area contributed by atoms with Crippen molar-refractivity contribution in [2.45, 2.75) is 46.8 Å². The highest BCUT2D eigenvalue weighted by molar-refractivity contribution is 6.03. The predicted octanol–water partition coefficient (Wildman–Crippen LogP) is 4.22. The van der Waals surface area contributed by atoms with Crippen molar-refractivity contribution < 1.29 is 94.9 Å². The number of nitrogens with zero attached hydrogens (tertiary/aromatic N) is 1. The Labute approximate surface area is 397 Å². The molecule has 23 heteroatoms. The largest absolute Gasteiger partial charge is 0.488 e. The number of carbonyl (C=O) groups is 8. The summed E-state index contributed by atoms with van der Waals surface area (Å²) < 4.78 is 64.2. The summed E-state index contributed by atoms with van der Waals surface area (Å²) in [6.45, 7) is 2.60. The molecular weight excluding hydrogens is 929 g/mol. The van der Waals surface area contributed by atoms with E-state index in [1.165, 1.54) is 55.5 Å². The summed E-state index contributed by atoms with van der Waals surface area (Å²) in [4.78, 5) is 113. The Bertz CT molecular complexity index is 2790. The highest BCUT2D eigenvalue weighted by atomic mass is 16.8. The van der Waals surface area contributed by atoms with E-state index >= 15 is 0 Å². The molecule has 0 saturated carbocycles. The lowest BCUT2D eigenvalue weighted by Gasteiger charge is -2.31. The Morgan fingerprint density at radius 1 is 0.671 bits per heavy atom. The van der Waals surface area contributed by atoms with E-state index in [2.05, 4.69) is 5.32 Å². The molecule has 0 spiro atoms. The van der Waals surface area contributed by atoms with Crippen LogP contribution in [0.2, 0.25) is 0 Å². The SMILES string of the molecule is COC(=O)C(OC(C)=O)N(CC(=O)OCOC(C)=O)c1ccc(-c2c3ccc(=O)cc-3oc3cc(OCOC(C)=O)ccc23)cc1OCCOc1ccccc1NC(OC(C)=O)(OC(C)=O)C(=O)OC. The number of hydrogen-bond acceptors (Lipinski definition) is 23. The molecule has 2 aliphatic rings. The lowest BCUT2D eigenvalue weighted by atomic mass is 9.93. The summed E-state index contributed by atoms with van der Waals surface area (Å²) in [5, 5.41) is 3.06. The van der Waals surface area contributed by atoms with Gasteiger partial charge in [0.05, 0.1) is 25.6 Å². The minimum atomic E-state index is -2.77. The van der Waals surface area contributed by atoms with E-state index in [1.807, 2.05) is 0 Å². The monoisotopic (exact) mass is 974 g/mol. The minimum Gasteiger partial charge on any atom is -0.488 e. The molecular formula is C47H46N2O21. The molecule has 0 aromatic heterocycles. The lowest BCUT2D eigenvalue weighted by molar-refractivity contribution is -0.228. The normalized spacial score (nSPS) is 11.2. The Kier molecular flexibility index (Phi) is 17.6. The molecule has 1 aliphatic carbocycles. The van der Waals surface area contributed by atoms with Crippen LogP contribution in [-0.2, 0) is 76.3 Å². The van der Waals surface area contributed by atoms with E-state index in [4.69, 9.17) is 56.5 Å². The molecule has 1 atom stereocenters. The van der Waals surface area contributed by atoms with E-state index in [1.54, 1.807) is 30.3 Å². The second-order valence-corrected chi connectivity index (χ2v) is 14.4. The van der Waals surface area contributed by atoms with Crippen molar-refractivity contribution in [3.05, 3.63) is 89.1 Å². The van der Waals surface area contributed by atoms with Gasteiger partial charge in [0.25, 0.3) is 6.23 Å². The second-order valence-electron chi connectivity index (χ2n) is 14.4. The number of para-hydroxylation sites is 2. The molecule has 1 unspecified atom stereocenters. The van der Waals surface area contributed by atoms with Gasteiger partial charge in [-0.2, -0.15) is 0 Å². The molecule has 3 aromatic carbocycles. The van der Waals surface area contributed by atoms with E-state index in [0.717, 1.165) is 46.8 Å². The number of rotatable bonds is 22. The Hall–Kier alpha value is -8.89. The Morgan fingerprint density at radius 3 is 1.99 bits per heavy atom. The van der Waals surface area contributed by atoms with Gasteiger partial charge >= 0.3 is 53.7 Å². The van der Waals surface area contributed by atoms with Crippen LogP contribution >= 0.6 is 0 Å². The molecule has 1 aliphatic heterocycles. The maximum atomic E-state index is 13.3. The van der Waals surface area contributed by atoms with Gasteiger partial charge in [0, 0.05) is 63.3 Å². The predicted molar refractivity (Wildman–Crippen MR) is 239 cm³/mol. The fourth-order valence-electron chi connectivity index (χ4n) is 6.53. The number of anilines is 2. The molecule has 1 heterocycles. The third-order valence-corrected chi connectivity index (χ3v) is 9.27. The van der Waals surface area contributed by atoms with Crippen molar-refractivity contribution in [1.29, 1.82) is 0 Å². The number of fused-ring (bicyclic) bond motifs is 2. The van der Waals surface area contributed by atoms with Gasteiger partial charge in [-0.25, -0.2) is 9.59 Å². The summed E-state index contributed by atoms with van der Waals surface area (Å²) in [5.41, 5.74) is 1.13. The fraction of sp³-hybridized carbons (Fsp3) is 0.298. The number of nitrogens with one attached hydrogen (secondary N) is 1. The quantitative estimate of drug-likeness (QED) is 0.0334. The van der Waals surface area contributed by atoms with Gasteiger partial charge in [-0.15, -0.1) is 0 Å². The Morgan fingerprint density at radius 2 is 1.34 bits per heavy atom. The number of methoxy groups -OCH3 is 2. The van der Waals surface area contributed by atoms with E-state index in [9.17, 15) is 43.2 Å². The summed E-state index contributed by atoms with van der Waals surface area (Å²) in [6, 6.07) is 19.4. The molecule has 1 N–H and O–H groups in total. The molecule has 70 heavy (non-hydrogen) atoms. The van der Waals surface area contributed by atoms with Gasteiger partial charge in [0.1, 0.15) is 48.4 Å². The van der Waals surface area contributed by atoms with Crippen LogP contribution in [0.4, 0.5) is 11.4 Å². The van der Waals surface area contributed by atoms with E-state index in [-0.39, 0.29) is 58.6 Å². The van der Waals surface area contributed by atoms with E-state index < -0.39 is 80.0 Å². The third-order valence-electron chi connectivity index (χ3n) is 9.27. The molecule has 0 saturated heterocycles. The average Bonchev–Trinajstić information content (AvgIpc) is 3.29. The molecule has 0 bridgehead atoms. The van der Waals surface area contributed by atoms with Gasteiger partial charge in [0.15, 0.2) is 5.43 Å². The lowest BCUT2D eigenvalue weighted by Crippen LogP contribution is -2.54. The van der Waals surface area contributed by atoms with Gasteiger partial charge in [0.2, 0.25) is 13.6 Å². The molecule has 370 valence electrons. The van der Waals surface area contributed by atoms with Crippen LogP contribution in [0.3, 0.4) is 0 Å². The number of benzene rings is 4. The van der Waals surface area contributed by atoms with Crippen LogP contribution in [0.5, 0.6) is 17.2 Å². The van der Waals surface area contributed by atoms with Gasteiger partial charge < -0.3 is 66.7 Å². The fourth-order valence-corrected chi connectivity index (χ4v) is 6.53. The van der Waals surface area contributed by atoms with E-state index in [0.29, 0.717) is 22.1 Å².